The monoisotopic (exact) mass is 425 g/mol. The Morgan fingerprint density at radius 1 is 0.969 bits per heavy atom. The average Bonchev–Trinajstić information content (AvgIpc) is 3.25. The van der Waals surface area contributed by atoms with E-state index in [2.05, 4.69) is 10.3 Å². The summed E-state index contributed by atoms with van der Waals surface area (Å²) in [5.41, 5.74) is 3.73. The van der Waals surface area contributed by atoms with Crippen LogP contribution in [-0.2, 0) is 4.79 Å². The number of aromatic amines is 1. The summed E-state index contributed by atoms with van der Waals surface area (Å²) >= 11 is 0. The molecule has 0 fully saturated rings. The van der Waals surface area contributed by atoms with Gasteiger partial charge < -0.3 is 19.9 Å². The van der Waals surface area contributed by atoms with E-state index in [4.69, 9.17) is 4.74 Å². The quantitative estimate of drug-likeness (QED) is 0.497. The number of nitrogens with zero attached hydrogens (tertiary/aromatic N) is 1. The molecule has 0 radical (unpaired) electrons. The maximum absolute atomic E-state index is 13.8. The molecule has 0 saturated heterocycles. The predicted molar refractivity (Wildman–Crippen MR) is 124 cm³/mol. The summed E-state index contributed by atoms with van der Waals surface area (Å²) < 4.78 is 5.41. The molecule has 2 N–H and O–H groups in total. The molecule has 1 aliphatic rings. The van der Waals surface area contributed by atoms with Crippen LogP contribution in [0.15, 0.2) is 79.0 Å². The van der Waals surface area contributed by atoms with Gasteiger partial charge in [0.1, 0.15) is 5.75 Å². The van der Waals surface area contributed by atoms with Crippen molar-refractivity contribution >= 4 is 28.4 Å². The second kappa shape index (κ2) is 7.89. The Hall–Kier alpha value is -4.06. The van der Waals surface area contributed by atoms with Crippen LogP contribution in [-0.4, -0.2) is 35.9 Å². The molecule has 2 amide bonds. The van der Waals surface area contributed by atoms with Gasteiger partial charge in [0.05, 0.1) is 24.8 Å². The fourth-order valence-electron chi connectivity index (χ4n) is 4.64. The number of benzene rings is 3. The number of methoxy groups -OCH3 is 1. The van der Waals surface area contributed by atoms with Crippen LogP contribution in [0.5, 0.6) is 5.75 Å². The van der Waals surface area contributed by atoms with E-state index < -0.39 is 12.0 Å². The lowest BCUT2D eigenvalue weighted by molar-refractivity contribution is -0.119. The molecule has 2 unspecified atom stereocenters. The number of amides is 2. The van der Waals surface area contributed by atoms with Gasteiger partial charge >= 0.3 is 0 Å². The zero-order chi connectivity index (χ0) is 22.2. The van der Waals surface area contributed by atoms with E-state index in [1.807, 2.05) is 60.8 Å². The van der Waals surface area contributed by atoms with Crippen molar-refractivity contribution in [3.63, 3.8) is 0 Å². The highest BCUT2D eigenvalue weighted by Gasteiger charge is 2.43. The van der Waals surface area contributed by atoms with E-state index in [1.165, 1.54) is 0 Å². The first-order valence-corrected chi connectivity index (χ1v) is 10.5. The summed E-state index contributed by atoms with van der Waals surface area (Å²) in [6, 6.07) is 22.1. The summed E-state index contributed by atoms with van der Waals surface area (Å²) in [4.78, 5) is 32.0. The first-order valence-electron chi connectivity index (χ1n) is 10.5. The first kappa shape index (κ1) is 19.9. The SMILES string of the molecule is COc1ccccc1NC(=O)C1c2ccccc2C(=O)N(C)C1c1c[nH]c2ccccc12. The number of aromatic nitrogens is 1. The molecule has 2 atom stereocenters. The van der Waals surface area contributed by atoms with Gasteiger partial charge in [-0.15, -0.1) is 0 Å². The van der Waals surface area contributed by atoms with Gasteiger partial charge in [-0.1, -0.05) is 48.5 Å². The van der Waals surface area contributed by atoms with Crippen LogP contribution in [0.25, 0.3) is 10.9 Å². The van der Waals surface area contributed by atoms with E-state index >= 15 is 0 Å². The molecule has 32 heavy (non-hydrogen) atoms. The molecule has 6 heteroatoms. The van der Waals surface area contributed by atoms with Crippen molar-refractivity contribution in [3.05, 3.63) is 95.7 Å². The Bertz CT molecular complexity index is 1330. The number of ether oxygens (including phenoxy) is 1. The van der Waals surface area contributed by atoms with Crippen LogP contribution in [0.4, 0.5) is 5.69 Å². The zero-order valence-electron chi connectivity index (χ0n) is 17.8. The smallest absolute Gasteiger partial charge is 0.254 e. The molecule has 0 saturated carbocycles. The van der Waals surface area contributed by atoms with Gasteiger partial charge in [0.15, 0.2) is 0 Å². The van der Waals surface area contributed by atoms with E-state index in [-0.39, 0.29) is 11.8 Å². The summed E-state index contributed by atoms with van der Waals surface area (Å²) in [5.74, 6) is -0.315. The lowest BCUT2D eigenvalue weighted by Crippen LogP contribution is -2.44. The summed E-state index contributed by atoms with van der Waals surface area (Å²) in [6.45, 7) is 0. The lowest BCUT2D eigenvalue weighted by atomic mass is 9.79. The van der Waals surface area contributed by atoms with Gasteiger partial charge in [-0.2, -0.15) is 0 Å². The molecule has 6 nitrogen and oxygen atoms in total. The van der Waals surface area contributed by atoms with Crippen molar-refractivity contribution in [2.45, 2.75) is 12.0 Å². The second-order valence-electron chi connectivity index (χ2n) is 7.90. The van der Waals surface area contributed by atoms with Crippen molar-refractivity contribution in [1.82, 2.24) is 9.88 Å². The maximum atomic E-state index is 13.8. The predicted octanol–water partition coefficient (Wildman–Crippen LogP) is 4.73. The number of nitrogens with one attached hydrogen (secondary N) is 2. The van der Waals surface area contributed by atoms with Crippen LogP contribution >= 0.6 is 0 Å². The van der Waals surface area contributed by atoms with Crippen LogP contribution in [0, 0.1) is 0 Å². The van der Waals surface area contributed by atoms with Crippen LogP contribution < -0.4 is 10.1 Å². The number of rotatable bonds is 4. The number of hydrogen-bond donors (Lipinski definition) is 2. The lowest BCUT2D eigenvalue weighted by Gasteiger charge is -2.39. The third-order valence-electron chi connectivity index (χ3n) is 6.17. The van der Waals surface area contributed by atoms with E-state index in [0.29, 0.717) is 17.0 Å². The van der Waals surface area contributed by atoms with Gasteiger partial charge in [0, 0.05) is 35.3 Å². The zero-order valence-corrected chi connectivity index (χ0v) is 17.8. The van der Waals surface area contributed by atoms with E-state index in [1.54, 1.807) is 37.3 Å². The molecule has 2 heterocycles. The van der Waals surface area contributed by atoms with Crippen LogP contribution in [0.1, 0.15) is 33.4 Å². The molecular formula is C26H23N3O3. The number of para-hydroxylation sites is 3. The molecular weight excluding hydrogens is 402 g/mol. The number of carbonyl (C=O) groups excluding carboxylic acids is 2. The number of H-pyrrole nitrogens is 1. The van der Waals surface area contributed by atoms with Crippen molar-refractivity contribution in [3.8, 4) is 5.75 Å². The van der Waals surface area contributed by atoms with Gasteiger partial charge in [-0.05, 0) is 29.8 Å². The molecule has 160 valence electrons. The normalized spacial score (nSPS) is 17.8. The summed E-state index contributed by atoms with van der Waals surface area (Å²) in [7, 11) is 3.33. The molecule has 5 rings (SSSR count). The highest BCUT2D eigenvalue weighted by atomic mass is 16.5. The molecule has 4 aromatic rings. The minimum absolute atomic E-state index is 0.0998. The van der Waals surface area contributed by atoms with Crippen LogP contribution in [0.3, 0.4) is 0 Å². The Morgan fingerprint density at radius 2 is 1.69 bits per heavy atom. The van der Waals surface area contributed by atoms with Gasteiger partial charge in [0.2, 0.25) is 5.91 Å². The number of anilines is 1. The first-order chi connectivity index (χ1) is 15.6. The highest BCUT2D eigenvalue weighted by Crippen LogP contribution is 2.44. The highest BCUT2D eigenvalue weighted by molar-refractivity contribution is 6.05. The average molecular weight is 425 g/mol. The Morgan fingerprint density at radius 3 is 2.53 bits per heavy atom. The Labute approximate surface area is 185 Å². The summed E-state index contributed by atoms with van der Waals surface area (Å²) in [5, 5.41) is 4.03. The van der Waals surface area contributed by atoms with Crippen molar-refractivity contribution in [1.29, 1.82) is 0 Å². The van der Waals surface area contributed by atoms with Crippen molar-refractivity contribution < 1.29 is 14.3 Å². The number of fused-ring (bicyclic) bond motifs is 2. The number of likely N-dealkylation sites (N-methyl/N-ethyl adjacent to an activating group) is 1. The third kappa shape index (κ3) is 3.12. The number of hydrogen-bond acceptors (Lipinski definition) is 3. The van der Waals surface area contributed by atoms with Crippen molar-refractivity contribution in [2.24, 2.45) is 0 Å². The largest absolute Gasteiger partial charge is 0.495 e. The Kier molecular flexibility index (Phi) is 4.90. The Balaban J connectivity index is 1.66. The molecule has 3 aromatic carbocycles. The van der Waals surface area contributed by atoms with E-state index in [0.717, 1.165) is 22.0 Å². The maximum Gasteiger partial charge on any atom is 0.254 e. The molecule has 0 bridgehead atoms. The second-order valence-corrected chi connectivity index (χ2v) is 7.90. The minimum Gasteiger partial charge on any atom is -0.495 e. The molecule has 1 aliphatic heterocycles. The van der Waals surface area contributed by atoms with Crippen molar-refractivity contribution in [2.75, 3.05) is 19.5 Å². The fourth-order valence-corrected chi connectivity index (χ4v) is 4.64. The molecule has 1 aromatic heterocycles. The molecule has 0 spiro atoms. The fraction of sp³-hybridized carbons (Fsp3) is 0.154. The van der Waals surface area contributed by atoms with Gasteiger partial charge in [-0.3, -0.25) is 9.59 Å². The van der Waals surface area contributed by atoms with Gasteiger partial charge in [0.25, 0.3) is 5.91 Å². The van der Waals surface area contributed by atoms with Gasteiger partial charge in [-0.25, -0.2) is 0 Å². The number of carbonyl (C=O) groups is 2. The summed E-state index contributed by atoms with van der Waals surface area (Å²) in [6.07, 6.45) is 1.90. The standard InChI is InChI=1S/C26H23N3O3/c1-29-24(19-15-27-20-12-6-5-9-16(19)20)23(17-10-3-4-11-18(17)26(29)31)25(30)28-21-13-7-8-14-22(21)32-2/h3-15,23-24,27H,1-2H3,(H,28,30). The minimum atomic E-state index is -0.599. The van der Waals surface area contributed by atoms with E-state index in [9.17, 15) is 9.59 Å². The third-order valence-corrected chi connectivity index (χ3v) is 6.17. The van der Waals surface area contributed by atoms with Crippen LogP contribution in [0.2, 0.25) is 0 Å². The topological polar surface area (TPSA) is 74.4 Å². The molecule has 0 aliphatic carbocycles.